The van der Waals surface area contributed by atoms with Crippen molar-refractivity contribution in [2.45, 2.75) is 59.7 Å². The second-order valence-corrected chi connectivity index (χ2v) is 5.95. The van der Waals surface area contributed by atoms with Crippen molar-refractivity contribution in [2.75, 3.05) is 0 Å². The number of carbonyl (C=O) groups excluding carboxylic acids is 3. The summed E-state index contributed by atoms with van der Waals surface area (Å²) in [4.78, 5) is 31.5. The molecule has 0 aliphatic heterocycles. The van der Waals surface area contributed by atoms with Crippen LogP contribution >= 0.6 is 0 Å². The third kappa shape index (κ3) is 20.5. The van der Waals surface area contributed by atoms with Gasteiger partial charge in [0.1, 0.15) is 11.2 Å². The highest BCUT2D eigenvalue weighted by Gasteiger charge is 2.15. The average Bonchev–Trinajstić information content (AvgIpc) is 2.22. The minimum Gasteiger partial charge on any atom is -0.443 e. The highest BCUT2D eigenvalue weighted by atomic mass is 16.6. The molecule has 0 aliphatic rings. The van der Waals surface area contributed by atoms with Crippen LogP contribution in [0.15, 0.2) is 0 Å². The first-order valence-corrected chi connectivity index (χ1v) is 6.22. The molecule has 9 nitrogen and oxygen atoms in total. The Morgan fingerprint density at radius 2 is 1.19 bits per heavy atom. The minimum absolute atomic E-state index is 0.346. The molecule has 0 rings (SSSR count). The minimum atomic E-state index is -0.669. The first-order valence-electron chi connectivity index (χ1n) is 6.22. The van der Waals surface area contributed by atoms with Crippen molar-refractivity contribution < 1.29 is 23.9 Å². The maximum absolute atomic E-state index is 10.8. The van der Waals surface area contributed by atoms with Crippen molar-refractivity contribution in [3.63, 3.8) is 0 Å². The molecule has 0 aromatic carbocycles. The van der Waals surface area contributed by atoms with Crippen molar-refractivity contribution in [1.29, 1.82) is 0 Å². The van der Waals surface area contributed by atoms with Gasteiger partial charge in [0.05, 0.1) is 0 Å². The predicted octanol–water partition coefficient (Wildman–Crippen LogP) is 0.947. The van der Waals surface area contributed by atoms with Crippen molar-refractivity contribution in [3.05, 3.63) is 0 Å². The zero-order chi connectivity index (χ0) is 17.3. The van der Waals surface area contributed by atoms with E-state index in [2.05, 4.69) is 10.9 Å². The molecule has 0 fully saturated rings. The topological polar surface area (TPSA) is 132 Å². The second kappa shape index (κ2) is 9.01. The lowest BCUT2D eigenvalue weighted by molar-refractivity contribution is -0.120. The molecule has 0 saturated carbocycles. The largest absolute Gasteiger partial charge is 0.443 e. The number of hydrogen-bond acceptors (Lipinski definition) is 6. The van der Waals surface area contributed by atoms with Crippen LogP contribution < -0.4 is 22.1 Å². The summed E-state index contributed by atoms with van der Waals surface area (Å²) < 4.78 is 9.54. The summed E-state index contributed by atoms with van der Waals surface area (Å²) in [6.07, 6.45) is -1.28. The molecular formula is C12H26N4O5. The monoisotopic (exact) mass is 306 g/mol. The van der Waals surface area contributed by atoms with Gasteiger partial charge in [-0.1, -0.05) is 0 Å². The van der Waals surface area contributed by atoms with Crippen molar-refractivity contribution in [1.82, 2.24) is 16.3 Å². The van der Waals surface area contributed by atoms with Crippen molar-refractivity contribution >= 4 is 18.1 Å². The molecule has 124 valence electrons. The highest BCUT2D eigenvalue weighted by Crippen LogP contribution is 2.06. The molecule has 0 radical (unpaired) electrons. The number of hydrazine groups is 2. The number of ether oxygens (including phenoxy) is 2. The second-order valence-electron chi connectivity index (χ2n) is 5.95. The molecule has 0 aliphatic carbocycles. The van der Waals surface area contributed by atoms with Crippen LogP contribution in [0.3, 0.4) is 0 Å². The van der Waals surface area contributed by atoms with Gasteiger partial charge in [-0.3, -0.25) is 15.6 Å². The summed E-state index contributed by atoms with van der Waals surface area (Å²) in [5.41, 5.74) is 5.02. The summed E-state index contributed by atoms with van der Waals surface area (Å²) >= 11 is 0. The van der Waals surface area contributed by atoms with Gasteiger partial charge in [-0.25, -0.2) is 20.9 Å². The Balaban J connectivity index is 0. The predicted molar refractivity (Wildman–Crippen MR) is 76.7 cm³/mol. The molecule has 0 atom stereocenters. The summed E-state index contributed by atoms with van der Waals surface area (Å²) in [7, 11) is 0. The molecule has 0 aromatic rings. The Morgan fingerprint density at radius 1 is 0.810 bits per heavy atom. The zero-order valence-electron chi connectivity index (χ0n) is 13.6. The van der Waals surface area contributed by atoms with Crippen LogP contribution in [0.2, 0.25) is 0 Å². The Hall–Kier alpha value is -2.03. The maximum atomic E-state index is 10.8. The van der Waals surface area contributed by atoms with Crippen LogP contribution in [0.25, 0.3) is 0 Å². The standard InChI is InChI=1S/C7H14N2O3.C5H12N2O2/c1-5(10)8-9-6(11)12-7(2,3)4;1-5(2,3)9-4(8)7-6/h1-4H3,(H,8,10)(H,9,11);6H2,1-3H3,(H,7,8). The molecule has 3 amide bonds. The molecule has 0 spiro atoms. The third-order valence-corrected chi connectivity index (χ3v) is 1.26. The number of carbonyl (C=O) groups is 3. The Morgan fingerprint density at radius 3 is 1.43 bits per heavy atom. The molecule has 0 aromatic heterocycles. The Labute approximate surface area is 124 Å². The summed E-state index contributed by atoms with van der Waals surface area (Å²) in [5, 5.41) is 0. The number of amides is 3. The van der Waals surface area contributed by atoms with E-state index < -0.39 is 23.4 Å². The lowest BCUT2D eigenvalue weighted by Gasteiger charge is -2.19. The molecule has 0 saturated heterocycles. The van der Waals surface area contributed by atoms with E-state index in [4.69, 9.17) is 15.3 Å². The zero-order valence-corrected chi connectivity index (χ0v) is 13.6. The molecule has 0 heterocycles. The summed E-state index contributed by atoms with van der Waals surface area (Å²) in [5.74, 6) is 4.41. The summed E-state index contributed by atoms with van der Waals surface area (Å²) in [6.45, 7) is 11.8. The Kier molecular flexibility index (Phi) is 9.12. The molecule has 0 unspecified atom stereocenters. The van der Waals surface area contributed by atoms with Gasteiger partial charge in [0.25, 0.3) is 0 Å². The lowest BCUT2D eigenvalue weighted by atomic mass is 10.2. The number of hydrogen-bond donors (Lipinski definition) is 4. The normalized spacial score (nSPS) is 10.5. The maximum Gasteiger partial charge on any atom is 0.426 e. The van der Waals surface area contributed by atoms with E-state index in [1.807, 2.05) is 5.43 Å². The Bertz CT molecular complexity index is 358. The van der Waals surface area contributed by atoms with Gasteiger partial charge >= 0.3 is 12.2 Å². The van der Waals surface area contributed by atoms with Gasteiger partial charge in [-0.15, -0.1) is 0 Å². The van der Waals surface area contributed by atoms with Gasteiger partial charge in [-0.05, 0) is 41.5 Å². The van der Waals surface area contributed by atoms with E-state index in [1.165, 1.54) is 6.92 Å². The average molecular weight is 306 g/mol. The first kappa shape index (κ1) is 21.3. The van der Waals surface area contributed by atoms with Gasteiger partial charge in [-0.2, -0.15) is 0 Å². The van der Waals surface area contributed by atoms with E-state index in [0.29, 0.717) is 0 Å². The molecule has 21 heavy (non-hydrogen) atoms. The van der Waals surface area contributed by atoms with E-state index in [9.17, 15) is 14.4 Å². The molecule has 5 N–H and O–H groups in total. The van der Waals surface area contributed by atoms with Crippen LogP contribution in [0.4, 0.5) is 9.59 Å². The van der Waals surface area contributed by atoms with Crippen LogP contribution in [-0.4, -0.2) is 29.3 Å². The van der Waals surface area contributed by atoms with E-state index in [-0.39, 0.29) is 5.91 Å². The summed E-state index contributed by atoms with van der Waals surface area (Å²) in [6, 6.07) is 0. The smallest absolute Gasteiger partial charge is 0.426 e. The lowest BCUT2D eigenvalue weighted by Crippen LogP contribution is -2.43. The van der Waals surface area contributed by atoms with Crippen LogP contribution in [0, 0.1) is 0 Å². The van der Waals surface area contributed by atoms with E-state index in [1.54, 1.807) is 41.5 Å². The van der Waals surface area contributed by atoms with E-state index in [0.717, 1.165) is 0 Å². The number of nitrogens with two attached hydrogens (primary N) is 1. The first-order chi connectivity index (χ1) is 9.26. The highest BCUT2D eigenvalue weighted by molar-refractivity contribution is 5.76. The van der Waals surface area contributed by atoms with Gasteiger partial charge < -0.3 is 9.47 Å². The SMILES string of the molecule is CC(=O)NNC(=O)OC(C)(C)C.CC(C)(C)OC(=O)NN. The molecule has 0 bridgehead atoms. The third-order valence-electron chi connectivity index (χ3n) is 1.26. The van der Waals surface area contributed by atoms with Crippen molar-refractivity contribution in [3.8, 4) is 0 Å². The molecule has 9 heteroatoms. The fraction of sp³-hybridized carbons (Fsp3) is 0.750. The fourth-order valence-electron chi connectivity index (χ4n) is 0.750. The fourth-order valence-corrected chi connectivity index (χ4v) is 0.750. The van der Waals surface area contributed by atoms with Crippen LogP contribution in [0.5, 0.6) is 0 Å². The quantitative estimate of drug-likeness (QED) is 0.299. The van der Waals surface area contributed by atoms with Gasteiger partial charge in [0.2, 0.25) is 5.91 Å². The van der Waals surface area contributed by atoms with E-state index >= 15 is 0 Å². The van der Waals surface area contributed by atoms with Gasteiger partial charge in [0, 0.05) is 6.92 Å². The van der Waals surface area contributed by atoms with Crippen molar-refractivity contribution in [2.24, 2.45) is 5.84 Å². The van der Waals surface area contributed by atoms with Crippen LogP contribution in [-0.2, 0) is 14.3 Å². The number of nitrogens with one attached hydrogen (secondary N) is 3. The van der Waals surface area contributed by atoms with Crippen LogP contribution in [0.1, 0.15) is 48.5 Å². The molecular weight excluding hydrogens is 280 g/mol. The number of rotatable bonds is 0. The van der Waals surface area contributed by atoms with Gasteiger partial charge in [0.15, 0.2) is 0 Å².